The van der Waals surface area contributed by atoms with Crippen LogP contribution < -0.4 is 5.69 Å². The Morgan fingerprint density at radius 3 is 2.55 bits per heavy atom. The molecule has 1 saturated heterocycles. The number of esters is 1. The van der Waals surface area contributed by atoms with Gasteiger partial charge in [0.2, 0.25) is 5.88 Å². The lowest BCUT2D eigenvalue weighted by molar-refractivity contribution is -0.149. The number of halogens is 1. The van der Waals surface area contributed by atoms with Crippen LogP contribution in [0.1, 0.15) is 76.3 Å². The maximum Gasteiger partial charge on any atom is 0.353 e. The number of aromatic hydroxyl groups is 1. The average Bonchev–Trinajstić information content (AvgIpc) is 3.29. The van der Waals surface area contributed by atoms with E-state index in [4.69, 9.17) is 25.5 Å². The summed E-state index contributed by atoms with van der Waals surface area (Å²) in [5, 5.41) is 10.4. The van der Waals surface area contributed by atoms with E-state index >= 15 is 0 Å². The predicted octanol–water partition coefficient (Wildman–Crippen LogP) is 6.31. The largest absolute Gasteiger partial charge is 0.493 e. The molecule has 3 atom stereocenters. The lowest BCUT2D eigenvalue weighted by Gasteiger charge is -2.37. The van der Waals surface area contributed by atoms with Crippen LogP contribution in [0.15, 0.2) is 35.3 Å². The normalized spacial score (nSPS) is 19.8. The Balaban J connectivity index is 1.79. The van der Waals surface area contributed by atoms with E-state index in [9.17, 15) is 14.7 Å². The second kappa shape index (κ2) is 13.9. The van der Waals surface area contributed by atoms with Crippen LogP contribution in [0.3, 0.4) is 0 Å². The van der Waals surface area contributed by atoms with Crippen molar-refractivity contribution in [1.29, 1.82) is 0 Å². The number of aromatic nitrogens is 2. The van der Waals surface area contributed by atoms with Gasteiger partial charge in [0.25, 0.3) is 0 Å². The molecule has 3 rings (SSSR count). The molecule has 1 fully saturated rings. The molecule has 2 aromatic rings. The zero-order valence-electron chi connectivity index (χ0n) is 24.5. The number of aryl methyl sites for hydroxylation is 1. The van der Waals surface area contributed by atoms with Gasteiger partial charge in [-0.15, -0.1) is 11.6 Å². The molecule has 0 radical (unpaired) electrons. The zero-order chi connectivity index (χ0) is 29.5. The Bertz CT molecular complexity index is 1220. The predicted molar refractivity (Wildman–Crippen MR) is 161 cm³/mol. The number of nitrogens with zero attached hydrogens (tertiary/aromatic N) is 2. The molecule has 40 heavy (non-hydrogen) atoms. The maximum absolute atomic E-state index is 12.8. The number of carbonyl (C=O) groups excluding carboxylic acids is 1. The standard InChI is InChI=1S/C30H43ClN2O6Si/c1-7-8-9-10-21-11-13-22(14-12-21)15-16-23-19-33(29(36)32-28(23)35)26-17-24(39-27(34)18-31)25(38-26)20-37-40(5,6)30(2,3)4/h11-16,19,24-26H,7-10,17-18,20H2,1-6H3,(H,32,35,36)/b16-15+. The number of hydrogen-bond donors (Lipinski definition) is 1. The van der Waals surface area contributed by atoms with E-state index in [-0.39, 0.29) is 29.8 Å². The summed E-state index contributed by atoms with van der Waals surface area (Å²) in [5.41, 5.74) is 1.96. The fraction of sp³-hybridized carbons (Fsp3) is 0.567. The molecule has 1 aromatic heterocycles. The number of carbonyl (C=O) groups is 1. The van der Waals surface area contributed by atoms with E-state index in [1.807, 2.05) is 18.2 Å². The summed E-state index contributed by atoms with van der Waals surface area (Å²) >= 11 is 5.69. The number of ether oxygens (including phenoxy) is 2. The van der Waals surface area contributed by atoms with E-state index < -0.39 is 38.4 Å². The molecule has 2 heterocycles. The summed E-state index contributed by atoms with van der Waals surface area (Å²) in [5.74, 6) is -1.22. The molecule has 0 saturated carbocycles. The highest BCUT2D eigenvalue weighted by Crippen LogP contribution is 2.38. The van der Waals surface area contributed by atoms with Crippen LogP contribution in [0, 0.1) is 0 Å². The van der Waals surface area contributed by atoms with Gasteiger partial charge in [0.05, 0.1) is 12.2 Å². The third kappa shape index (κ3) is 8.52. The second-order valence-electron chi connectivity index (χ2n) is 11.8. The third-order valence-corrected chi connectivity index (χ3v) is 12.5. The average molecular weight is 591 g/mol. The van der Waals surface area contributed by atoms with Gasteiger partial charge in [-0.05, 0) is 48.2 Å². The van der Waals surface area contributed by atoms with Crippen LogP contribution in [0.5, 0.6) is 5.88 Å². The molecule has 1 N–H and O–H groups in total. The van der Waals surface area contributed by atoms with E-state index in [2.05, 4.69) is 57.9 Å². The quantitative estimate of drug-likeness (QED) is 0.134. The Morgan fingerprint density at radius 1 is 1.23 bits per heavy atom. The Kier molecular flexibility index (Phi) is 11.2. The van der Waals surface area contributed by atoms with Gasteiger partial charge in [0.1, 0.15) is 24.3 Å². The minimum Gasteiger partial charge on any atom is -0.493 e. The van der Waals surface area contributed by atoms with Crippen molar-refractivity contribution >= 4 is 38.0 Å². The monoisotopic (exact) mass is 590 g/mol. The highest BCUT2D eigenvalue weighted by Gasteiger charge is 2.43. The smallest absolute Gasteiger partial charge is 0.353 e. The van der Waals surface area contributed by atoms with Crippen molar-refractivity contribution in [2.24, 2.45) is 0 Å². The van der Waals surface area contributed by atoms with Gasteiger partial charge in [-0.25, -0.2) is 4.79 Å². The molecule has 0 spiro atoms. The minimum absolute atomic E-state index is 0.0122. The highest BCUT2D eigenvalue weighted by molar-refractivity contribution is 6.74. The van der Waals surface area contributed by atoms with Gasteiger partial charge in [-0.2, -0.15) is 4.98 Å². The van der Waals surface area contributed by atoms with E-state index in [1.54, 1.807) is 6.08 Å². The first-order valence-corrected chi connectivity index (χ1v) is 17.4. The molecular formula is C30H43ClN2O6Si. The van der Waals surface area contributed by atoms with Crippen molar-refractivity contribution in [2.45, 2.75) is 96.4 Å². The second-order valence-corrected chi connectivity index (χ2v) is 16.9. The molecule has 10 heteroatoms. The van der Waals surface area contributed by atoms with Crippen LogP contribution >= 0.6 is 11.6 Å². The molecule has 1 aliphatic heterocycles. The number of alkyl halides is 1. The summed E-state index contributed by atoms with van der Waals surface area (Å²) in [6.07, 6.45) is 7.97. The van der Waals surface area contributed by atoms with E-state index in [0.29, 0.717) is 5.56 Å². The van der Waals surface area contributed by atoms with Gasteiger partial charge in [0.15, 0.2) is 8.32 Å². The molecule has 220 valence electrons. The van der Waals surface area contributed by atoms with Crippen molar-refractivity contribution < 1.29 is 23.8 Å². The Morgan fingerprint density at radius 2 is 1.93 bits per heavy atom. The number of hydrogen-bond acceptors (Lipinski definition) is 7. The summed E-state index contributed by atoms with van der Waals surface area (Å²) in [7, 11) is -2.10. The zero-order valence-corrected chi connectivity index (χ0v) is 26.2. The number of rotatable bonds is 12. The van der Waals surface area contributed by atoms with Gasteiger partial charge < -0.3 is 19.0 Å². The first-order valence-electron chi connectivity index (χ1n) is 14.0. The SMILES string of the molecule is CCCCCc1ccc(/C=C/c2cn(C3CC(OC(=O)CCl)C(CO[Si](C)(C)C(C)(C)C)O3)c(=O)nc2O)cc1. The maximum atomic E-state index is 12.8. The number of benzene rings is 1. The van der Waals surface area contributed by atoms with E-state index in [0.717, 1.165) is 12.0 Å². The molecule has 0 aliphatic carbocycles. The first kappa shape index (κ1) is 32.1. The summed E-state index contributed by atoms with van der Waals surface area (Å²) in [4.78, 5) is 28.6. The lowest BCUT2D eigenvalue weighted by Crippen LogP contribution is -2.44. The summed E-state index contributed by atoms with van der Waals surface area (Å²) in [6, 6.07) is 8.27. The van der Waals surface area contributed by atoms with Crippen LogP contribution in [0.25, 0.3) is 12.2 Å². The molecule has 3 unspecified atom stereocenters. The molecule has 1 aliphatic rings. The first-order chi connectivity index (χ1) is 18.8. The molecule has 0 amide bonds. The summed E-state index contributed by atoms with van der Waals surface area (Å²) in [6.45, 7) is 13.1. The Hall–Kier alpha value is -2.46. The third-order valence-electron chi connectivity index (χ3n) is 7.76. The Labute approximate surface area is 243 Å². The molecule has 0 bridgehead atoms. The molecule has 8 nitrogen and oxygen atoms in total. The van der Waals surface area contributed by atoms with Gasteiger partial charge in [-0.3, -0.25) is 9.36 Å². The minimum atomic E-state index is -2.10. The highest BCUT2D eigenvalue weighted by atomic mass is 35.5. The summed E-state index contributed by atoms with van der Waals surface area (Å²) < 4.78 is 19.4. The van der Waals surface area contributed by atoms with Crippen molar-refractivity contribution in [3.05, 3.63) is 57.6 Å². The van der Waals surface area contributed by atoms with Gasteiger partial charge >= 0.3 is 11.7 Å². The van der Waals surface area contributed by atoms with Crippen molar-refractivity contribution in [3.8, 4) is 5.88 Å². The molecule has 1 aromatic carbocycles. The van der Waals surface area contributed by atoms with Crippen LogP contribution in [0.4, 0.5) is 0 Å². The molecular weight excluding hydrogens is 548 g/mol. The fourth-order valence-corrected chi connectivity index (χ4v) is 5.29. The van der Waals surface area contributed by atoms with Gasteiger partial charge in [-0.1, -0.05) is 70.9 Å². The van der Waals surface area contributed by atoms with Crippen molar-refractivity contribution in [1.82, 2.24) is 9.55 Å². The van der Waals surface area contributed by atoms with Crippen molar-refractivity contribution in [2.75, 3.05) is 12.5 Å². The fourth-order valence-electron chi connectivity index (χ4n) is 4.21. The van der Waals surface area contributed by atoms with Gasteiger partial charge in [0, 0.05) is 12.6 Å². The van der Waals surface area contributed by atoms with Crippen LogP contribution in [0.2, 0.25) is 18.1 Å². The van der Waals surface area contributed by atoms with E-state index in [1.165, 1.54) is 35.6 Å². The van der Waals surface area contributed by atoms with Crippen molar-refractivity contribution in [3.63, 3.8) is 0 Å². The lowest BCUT2D eigenvalue weighted by atomic mass is 10.0. The number of unbranched alkanes of at least 4 members (excludes halogenated alkanes) is 2. The van der Waals surface area contributed by atoms with Crippen LogP contribution in [-0.2, 0) is 25.1 Å². The van der Waals surface area contributed by atoms with Crippen LogP contribution in [-0.4, -0.2) is 53.6 Å². The topological polar surface area (TPSA) is 99.9 Å².